The number of hydrogen-bond acceptors (Lipinski definition) is 6. The van der Waals surface area contributed by atoms with Gasteiger partial charge < -0.3 is 19.6 Å². The van der Waals surface area contributed by atoms with Crippen molar-refractivity contribution < 1.29 is 9.32 Å². The first-order chi connectivity index (χ1) is 15.1. The van der Waals surface area contributed by atoms with Crippen LogP contribution < -0.4 is 5.32 Å². The van der Waals surface area contributed by atoms with Gasteiger partial charge in [0.05, 0.1) is 13.1 Å². The molecule has 0 aliphatic carbocycles. The average molecular weight is 574 g/mol. The zero-order valence-corrected chi connectivity index (χ0v) is 21.3. The third-order valence-corrected chi connectivity index (χ3v) is 5.92. The Hall–Kier alpha value is -1.92. The number of piperazine rings is 1. The van der Waals surface area contributed by atoms with Crippen molar-refractivity contribution >= 4 is 47.4 Å². The van der Waals surface area contributed by atoms with E-state index in [1.807, 2.05) is 17.0 Å². The first-order valence-electron chi connectivity index (χ1n) is 10.7. The minimum atomic E-state index is 0. The van der Waals surface area contributed by atoms with Crippen LogP contribution in [0, 0.1) is 0 Å². The van der Waals surface area contributed by atoms with E-state index in [0.717, 1.165) is 63.6 Å². The third kappa shape index (κ3) is 6.32. The van der Waals surface area contributed by atoms with Gasteiger partial charge in [-0.05, 0) is 37.1 Å². The molecule has 1 amide bonds. The highest BCUT2D eigenvalue weighted by Crippen LogP contribution is 2.18. The topological polar surface area (TPSA) is 90.1 Å². The molecule has 2 saturated heterocycles. The fraction of sp³-hybridized carbons (Fsp3) is 0.524. The van der Waals surface area contributed by atoms with E-state index >= 15 is 0 Å². The summed E-state index contributed by atoms with van der Waals surface area (Å²) >= 11 is 5.93. The largest absolute Gasteiger partial charge is 0.347 e. The first kappa shape index (κ1) is 24.7. The van der Waals surface area contributed by atoms with Crippen LogP contribution in [0.1, 0.15) is 18.7 Å². The Morgan fingerprint density at radius 3 is 2.44 bits per heavy atom. The van der Waals surface area contributed by atoms with Crippen molar-refractivity contribution in [1.29, 1.82) is 0 Å². The van der Waals surface area contributed by atoms with Gasteiger partial charge >= 0.3 is 0 Å². The maximum absolute atomic E-state index is 12.4. The lowest BCUT2D eigenvalue weighted by Crippen LogP contribution is -2.54. The van der Waals surface area contributed by atoms with Crippen LogP contribution in [-0.2, 0) is 11.3 Å². The molecule has 0 atom stereocenters. The van der Waals surface area contributed by atoms with E-state index in [9.17, 15) is 4.79 Å². The summed E-state index contributed by atoms with van der Waals surface area (Å²) in [5.74, 6) is 2.05. The molecule has 2 aliphatic rings. The van der Waals surface area contributed by atoms with E-state index in [1.54, 1.807) is 19.2 Å². The van der Waals surface area contributed by atoms with Gasteiger partial charge in [-0.3, -0.25) is 14.7 Å². The Morgan fingerprint density at radius 1 is 1.09 bits per heavy atom. The molecular formula is C21H29ClIN7O2. The van der Waals surface area contributed by atoms with Gasteiger partial charge in [0.15, 0.2) is 5.96 Å². The van der Waals surface area contributed by atoms with Crippen molar-refractivity contribution in [3.05, 3.63) is 35.2 Å². The molecule has 0 unspecified atom stereocenters. The molecule has 11 heteroatoms. The van der Waals surface area contributed by atoms with Crippen molar-refractivity contribution in [1.82, 2.24) is 30.2 Å². The van der Waals surface area contributed by atoms with Crippen LogP contribution in [0.25, 0.3) is 11.4 Å². The molecule has 9 nitrogen and oxygen atoms in total. The molecule has 1 aromatic carbocycles. The standard InChI is InChI=1S/C21H28ClN7O2.HI/c1-23-21(24-14-18-25-20(26-31-18)16-4-6-17(22)7-5-16)29-12-10-27(11-13-29)15-19(30)28-8-2-3-9-28;/h4-7H,2-3,8-15H2,1H3,(H,23,24);1H. The van der Waals surface area contributed by atoms with Gasteiger partial charge in [0.2, 0.25) is 17.6 Å². The van der Waals surface area contributed by atoms with Crippen LogP contribution in [0.2, 0.25) is 5.02 Å². The van der Waals surface area contributed by atoms with Crippen LogP contribution in [0.15, 0.2) is 33.8 Å². The number of halogens is 2. The highest BCUT2D eigenvalue weighted by atomic mass is 127. The summed E-state index contributed by atoms with van der Waals surface area (Å²) in [5, 5.41) is 8.00. The molecule has 0 saturated carbocycles. The molecule has 2 fully saturated rings. The molecule has 2 aromatic rings. The average Bonchev–Trinajstić information content (AvgIpc) is 3.48. The summed E-state index contributed by atoms with van der Waals surface area (Å²) in [6.07, 6.45) is 2.26. The predicted molar refractivity (Wildman–Crippen MR) is 134 cm³/mol. The lowest BCUT2D eigenvalue weighted by molar-refractivity contribution is -0.131. The number of hydrogen-bond donors (Lipinski definition) is 1. The predicted octanol–water partition coefficient (Wildman–Crippen LogP) is 2.32. The fourth-order valence-electron chi connectivity index (χ4n) is 3.91. The number of likely N-dealkylation sites (tertiary alicyclic amines) is 1. The maximum atomic E-state index is 12.4. The number of carbonyl (C=O) groups is 1. The molecule has 3 heterocycles. The monoisotopic (exact) mass is 573 g/mol. The van der Waals surface area contributed by atoms with Crippen LogP contribution in [-0.4, -0.2) is 89.6 Å². The maximum Gasteiger partial charge on any atom is 0.246 e. The second kappa shape index (κ2) is 11.8. The zero-order valence-electron chi connectivity index (χ0n) is 18.2. The molecule has 4 rings (SSSR count). The summed E-state index contributed by atoms with van der Waals surface area (Å²) in [6, 6.07) is 7.31. The highest BCUT2D eigenvalue weighted by molar-refractivity contribution is 14.0. The fourth-order valence-corrected chi connectivity index (χ4v) is 4.03. The number of amides is 1. The molecule has 2 aliphatic heterocycles. The number of carbonyl (C=O) groups excluding carboxylic acids is 1. The summed E-state index contributed by atoms with van der Waals surface area (Å²) in [4.78, 5) is 27.6. The Bertz CT molecular complexity index is 907. The number of nitrogens with one attached hydrogen (secondary N) is 1. The van der Waals surface area contributed by atoms with Gasteiger partial charge in [0.25, 0.3) is 0 Å². The van der Waals surface area contributed by atoms with Gasteiger partial charge in [-0.2, -0.15) is 4.98 Å². The molecule has 1 N–H and O–H groups in total. The van der Waals surface area contributed by atoms with Gasteiger partial charge in [0, 0.05) is 56.9 Å². The van der Waals surface area contributed by atoms with Crippen molar-refractivity contribution in [3.63, 3.8) is 0 Å². The van der Waals surface area contributed by atoms with E-state index in [0.29, 0.717) is 29.8 Å². The third-order valence-electron chi connectivity index (χ3n) is 5.67. The summed E-state index contributed by atoms with van der Waals surface area (Å²) < 4.78 is 5.36. The van der Waals surface area contributed by atoms with E-state index in [2.05, 4.69) is 30.2 Å². The number of guanidine groups is 1. The number of benzene rings is 1. The zero-order chi connectivity index (χ0) is 21.6. The quantitative estimate of drug-likeness (QED) is 0.334. The summed E-state index contributed by atoms with van der Waals surface area (Å²) in [7, 11) is 1.76. The van der Waals surface area contributed by atoms with Gasteiger partial charge in [-0.25, -0.2) is 0 Å². The lowest BCUT2D eigenvalue weighted by atomic mass is 10.2. The number of aliphatic imine (C=N–C) groups is 1. The minimum Gasteiger partial charge on any atom is -0.347 e. The normalized spacial score (nSPS) is 17.4. The van der Waals surface area contributed by atoms with E-state index in [-0.39, 0.29) is 29.9 Å². The SMILES string of the molecule is CN=C(NCc1nc(-c2ccc(Cl)cc2)no1)N1CCN(CC(=O)N2CCCC2)CC1.I. The number of rotatable bonds is 5. The first-order valence-corrected chi connectivity index (χ1v) is 11.0. The number of nitrogens with zero attached hydrogens (tertiary/aromatic N) is 6. The second-order valence-electron chi connectivity index (χ2n) is 7.77. The molecule has 0 bridgehead atoms. The summed E-state index contributed by atoms with van der Waals surface area (Å²) in [5.41, 5.74) is 0.850. The number of aromatic nitrogens is 2. The van der Waals surface area contributed by atoms with E-state index in [1.165, 1.54) is 0 Å². The van der Waals surface area contributed by atoms with E-state index in [4.69, 9.17) is 16.1 Å². The van der Waals surface area contributed by atoms with Crippen molar-refractivity contribution in [2.24, 2.45) is 4.99 Å². The highest BCUT2D eigenvalue weighted by Gasteiger charge is 2.24. The lowest BCUT2D eigenvalue weighted by Gasteiger charge is -2.36. The van der Waals surface area contributed by atoms with Crippen LogP contribution in [0.5, 0.6) is 0 Å². The minimum absolute atomic E-state index is 0. The van der Waals surface area contributed by atoms with E-state index < -0.39 is 0 Å². The molecule has 0 spiro atoms. The molecule has 174 valence electrons. The smallest absolute Gasteiger partial charge is 0.246 e. The van der Waals surface area contributed by atoms with Crippen LogP contribution in [0.3, 0.4) is 0 Å². The van der Waals surface area contributed by atoms with Crippen molar-refractivity contribution in [3.8, 4) is 11.4 Å². The van der Waals surface area contributed by atoms with Crippen LogP contribution >= 0.6 is 35.6 Å². The van der Waals surface area contributed by atoms with Crippen molar-refractivity contribution in [2.45, 2.75) is 19.4 Å². The Balaban J connectivity index is 0.00000289. The van der Waals surface area contributed by atoms with Crippen molar-refractivity contribution in [2.75, 3.05) is 52.9 Å². The second-order valence-corrected chi connectivity index (χ2v) is 8.21. The van der Waals surface area contributed by atoms with Gasteiger partial charge in [-0.1, -0.05) is 16.8 Å². The molecular weight excluding hydrogens is 545 g/mol. The van der Waals surface area contributed by atoms with Crippen LogP contribution in [0.4, 0.5) is 0 Å². The van der Waals surface area contributed by atoms with Gasteiger partial charge in [0.1, 0.15) is 0 Å². The molecule has 0 radical (unpaired) electrons. The van der Waals surface area contributed by atoms with Gasteiger partial charge in [-0.15, -0.1) is 24.0 Å². The Morgan fingerprint density at radius 2 is 1.78 bits per heavy atom. The molecule has 1 aromatic heterocycles. The molecule has 32 heavy (non-hydrogen) atoms. The Labute approximate surface area is 210 Å². The Kier molecular flexibility index (Phi) is 9.11. The summed E-state index contributed by atoms with van der Waals surface area (Å²) in [6.45, 7) is 6.01.